The summed E-state index contributed by atoms with van der Waals surface area (Å²) in [6.45, 7) is 2.15. The van der Waals surface area contributed by atoms with Crippen molar-refractivity contribution in [2.24, 2.45) is 0 Å². The van der Waals surface area contributed by atoms with Crippen molar-refractivity contribution < 1.29 is 23.5 Å². The van der Waals surface area contributed by atoms with E-state index in [9.17, 15) is 18.8 Å². The highest BCUT2D eigenvalue weighted by Crippen LogP contribution is 2.27. The number of nitrogens with zero attached hydrogens (tertiary/aromatic N) is 1. The number of carbonyl (C=O) groups excluding carboxylic acids is 3. The first kappa shape index (κ1) is 20.3. The first-order valence-corrected chi connectivity index (χ1v) is 9.76. The SMILES string of the molecule is CCOc1ccc(CN2C(=O)c3ccccc3C2=O)cc1C(=O)Nc1cccc(F)c1. The summed E-state index contributed by atoms with van der Waals surface area (Å²) in [5.74, 6) is -1.36. The van der Waals surface area contributed by atoms with Gasteiger partial charge in [-0.2, -0.15) is 0 Å². The van der Waals surface area contributed by atoms with E-state index in [2.05, 4.69) is 5.32 Å². The minimum Gasteiger partial charge on any atom is -0.493 e. The monoisotopic (exact) mass is 418 g/mol. The number of hydrogen-bond acceptors (Lipinski definition) is 4. The molecule has 3 aromatic carbocycles. The number of amides is 3. The Morgan fingerprint density at radius 2 is 1.68 bits per heavy atom. The molecule has 0 saturated heterocycles. The molecule has 1 heterocycles. The zero-order valence-electron chi connectivity index (χ0n) is 16.7. The Hall–Kier alpha value is -4.00. The van der Waals surface area contributed by atoms with E-state index in [1.54, 1.807) is 55.5 Å². The van der Waals surface area contributed by atoms with E-state index in [1.807, 2.05) is 0 Å². The molecule has 156 valence electrons. The number of fused-ring (bicyclic) bond motifs is 1. The van der Waals surface area contributed by atoms with E-state index in [-0.39, 0.29) is 23.9 Å². The first-order valence-electron chi connectivity index (χ1n) is 9.76. The molecule has 4 rings (SSSR count). The highest BCUT2D eigenvalue weighted by Gasteiger charge is 2.35. The third kappa shape index (κ3) is 4.02. The minimum atomic E-state index is -0.488. The molecule has 0 aliphatic carbocycles. The van der Waals surface area contributed by atoms with Crippen molar-refractivity contribution in [3.63, 3.8) is 0 Å². The van der Waals surface area contributed by atoms with Crippen LogP contribution in [0.3, 0.4) is 0 Å². The second-order valence-corrected chi connectivity index (χ2v) is 6.97. The maximum absolute atomic E-state index is 13.5. The molecule has 7 heteroatoms. The lowest BCUT2D eigenvalue weighted by molar-refractivity contribution is 0.0642. The van der Waals surface area contributed by atoms with Crippen LogP contribution in [0.25, 0.3) is 0 Å². The van der Waals surface area contributed by atoms with Crippen LogP contribution < -0.4 is 10.1 Å². The summed E-state index contributed by atoms with van der Waals surface area (Å²) in [6.07, 6.45) is 0. The Bertz CT molecular complexity index is 1160. The first-order chi connectivity index (χ1) is 15.0. The predicted molar refractivity (Wildman–Crippen MR) is 113 cm³/mol. The van der Waals surface area contributed by atoms with Crippen LogP contribution in [0.2, 0.25) is 0 Å². The van der Waals surface area contributed by atoms with Gasteiger partial charge < -0.3 is 10.1 Å². The van der Waals surface area contributed by atoms with Gasteiger partial charge in [0, 0.05) is 5.69 Å². The van der Waals surface area contributed by atoms with E-state index >= 15 is 0 Å². The van der Waals surface area contributed by atoms with Crippen molar-refractivity contribution in [3.8, 4) is 5.75 Å². The molecule has 0 fully saturated rings. The van der Waals surface area contributed by atoms with Gasteiger partial charge in [-0.3, -0.25) is 19.3 Å². The van der Waals surface area contributed by atoms with Gasteiger partial charge in [0.25, 0.3) is 17.7 Å². The molecule has 3 amide bonds. The number of imide groups is 1. The highest BCUT2D eigenvalue weighted by molar-refractivity contribution is 6.21. The van der Waals surface area contributed by atoms with Gasteiger partial charge in [-0.25, -0.2) is 4.39 Å². The molecule has 0 unspecified atom stereocenters. The van der Waals surface area contributed by atoms with Gasteiger partial charge in [-0.1, -0.05) is 24.3 Å². The highest BCUT2D eigenvalue weighted by atomic mass is 19.1. The summed E-state index contributed by atoms with van der Waals surface area (Å²) in [5, 5.41) is 2.64. The lowest BCUT2D eigenvalue weighted by Crippen LogP contribution is -2.29. The van der Waals surface area contributed by atoms with Crippen LogP contribution >= 0.6 is 0 Å². The Balaban J connectivity index is 1.61. The number of ether oxygens (including phenoxy) is 1. The molecule has 0 atom stereocenters. The fourth-order valence-electron chi connectivity index (χ4n) is 3.46. The molecule has 6 nitrogen and oxygen atoms in total. The fourth-order valence-corrected chi connectivity index (χ4v) is 3.46. The van der Waals surface area contributed by atoms with Crippen LogP contribution in [0.4, 0.5) is 10.1 Å². The van der Waals surface area contributed by atoms with Gasteiger partial charge in [0.1, 0.15) is 11.6 Å². The summed E-state index contributed by atoms with van der Waals surface area (Å²) in [7, 11) is 0. The van der Waals surface area contributed by atoms with Gasteiger partial charge in [0.15, 0.2) is 0 Å². The molecule has 1 N–H and O–H groups in total. The summed E-state index contributed by atoms with van der Waals surface area (Å²) in [5.41, 5.74) is 1.84. The molecule has 1 aliphatic heterocycles. The third-order valence-electron chi connectivity index (χ3n) is 4.89. The molecule has 1 aliphatic rings. The van der Waals surface area contributed by atoms with Crippen molar-refractivity contribution in [2.45, 2.75) is 13.5 Å². The van der Waals surface area contributed by atoms with Crippen molar-refractivity contribution >= 4 is 23.4 Å². The Morgan fingerprint density at radius 3 is 2.32 bits per heavy atom. The van der Waals surface area contributed by atoms with E-state index < -0.39 is 11.7 Å². The molecule has 0 aromatic heterocycles. The van der Waals surface area contributed by atoms with E-state index in [0.717, 1.165) is 4.90 Å². The zero-order valence-corrected chi connectivity index (χ0v) is 16.7. The Kier molecular flexibility index (Phi) is 5.49. The van der Waals surface area contributed by atoms with Gasteiger partial charge >= 0.3 is 0 Å². The normalized spacial score (nSPS) is 12.6. The molecule has 31 heavy (non-hydrogen) atoms. The maximum atomic E-state index is 13.5. The standard InChI is InChI=1S/C24H19FN2O4/c1-2-31-21-11-10-15(12-20(21)22(28)26-17-7-5-6-16(25)13-17)14-27-23(29)18-8-3-4-9-19(18)24(27)30/h3-13H,2,14H2,1H3,(H,26,28). The molecule has 0 bridgehead atoms. The van der Waals surface area contributed by atoms with Crippen LogP contribution in [-0.4, -0.2) is 29.2 Å². The second-order valence-electron chi connectivity index (χ2n) is 6.97. The van der Waals surface area contributed by atoms with Crippen molar-refractivity contribution in [1.82, 2.24) is 4.90 Å². The van der Waals surface area contributed by atoms with E-state index in [0.29, 0.717) is 34.7 Å². The van der Waals surface area contributed by atoms with Crippen LogP contribution in [-0.2, 0) is 6.54 Å². The number of carbonyl (C=O) groups is 3. The number of halogens is 1. The minimum absolute atomic E-state index is 0.0129. The average Bonchev–Trinajstić information content (AvgIpc) is 3.00. The topological polar surface area (TPSA) is 75.7 Å². The maximum Gasteiger partial charge on any atom is 0.261 e. The van der Waals surface area contributed by atoms with Crippen molar-refractivity contribution in [2.75, 3.05) is 11.9 Å². The molecule has 0 saturated carbocycles. The van der Waals surface area contributed by atoms with Crippen LogP contribution in [0.1, 0.15) is 43.6 Å². The molecular weight excluding hydrogens is 399 g/mol. The number of rotatable bonds is 6. The molecular formula is C24H19FN2O4. The van der Waals surface area contributed by atoms with Gasteiger partial charge in [0.2, 0.25) is 0 Å². The van der Waals surface area contributed by atoms with E-state index in [4.69, 9.17) is 4.74 Å². The second kappa shape index (κ2) is 8.39. The molecule has 3 aromatic rings. The van der Waals surface area contributed by atoms with Gasteiger partial charge in [-0.05, 0) is 55.0 Å². The zero-order chi connectivity index (χ0) is 22.0. The van der Waals surface area contributed by atoms with Crippen LogP contribution in [0.15, 0.2) is 66.7 Å². The lowest BCUT2D eigenvalue weighted by atomic mass is 10.1. The number of anilines is 1. The Morgan fingerprint density at radius 1 is 0.968 bits per heavy atom. The van der Waals surface area contributed by atoms with Gasteiger partial charge in [-0.15, -0.1) is 0 Å². The largest absolute Gasteiger partial charge is 0.493 e. The summed E-state index contributed by atoms with van der Waals surface area (Å²) in [6, 6.07) is 17.1. The predicted octanol–water partition coefficient (Wildman–Crippen LogP) is 4.27. The average molecular weight is 418 g/mol. The van der Waals surface area contributed by atoms with Gasteiger partial charge in [0.05, 0.1) is 29.8 Å². The number of nitrogens with one attached hydrogen (secondary N) is 1. The van der Waals surface area contributed by atoms with Crippen LogP contribution in [0.5, 0.6) is 5.75 Å². The van der Waals surface area contributed by atoms with Crippen LogP contribution in [0, 0.1) is 5.82 Å². The smallest absolute Gasteiger partial charge is 0.261 e. The Labute approximate surface area is 178 Å². The summed E-state index contributed by atoms with van der Waals surface area (Å²) in [4.78, 5) is 39.3. The van der Waals surface area contributed by atoms with Crippen molar-refractivity contribution in [1.29, 1.82) is 0 Å². The molecule has 0 spiro atoms. The van der Waals surface area contributed by atoms with Crippen molar-refractivity contribution in [3.05, 3.63) is 94.8 Å². The number of benzene rings is 3. The summed E-state index contributed by atoms with van der Waals surface area (Å²) >= 11 is 0. The lowest BCUT2D eigenvalue weighted by Gasteiger charge is -2.16. The molecule has 0 radical (unpaired) electrons. The number of hydrogen-bond donors (Lipinski definition) is 1. The quantitative estimate of drug-likeness (QED) is 0.607. The summed E-state index contributed by atoms with van der Waals surface area (Å²) < 4.78 is 19.0. The van der Waals surface area contributed by atoms with E-state index in [1.165, 1.54) is 18.2 Å². The fraction of sp³-hybridized carbons (Fsp3) is 0.125. The third-order valence-corrected chi connectivity index (χ3v) is 4.89.